The zero-order valence-electron chi connectivity index (χ0n) is 12.9. The maximum atomic E-state index is 12.1. The van der Waals surface area contributed by atoms with E-state index in [-0.39, 0.29) is 11.5 Å². The molecular formula is C18H18N2OS3. The van der Waals surface area contributed by atoms with E-state index in [1.54, 1.807) is 6.20 Å². The second-order valence-corrected chi connectivity index (χ2v) is 5.26. The van der Waals surface area contributed by atoms with Gasteiger partial charge in [-0.3, -0.25) is 9.78 Å². The monoisotopic (exact) mass is 374 g/mol. The van der Waals surface area contributed by atoms with Crippen molar-refractivity contribution in [3.8, 4) is 11.3 Å². The molecule has 0 saturated carbocycles. The summed E-state index contributed by atoms with van der Waals surface area (Å²) in [5.41, 5.74) is 4.38. The normalized spacial score (nSPS) is 12.5. The van der Waals surface area contributed by atoms with Crippen LogP contribution in [0.1, 0.15) is 15.9 Å². The maximum absolute atomic E-state index is 12.1. The fraction of sp³-hybridized carbons (Fsp3) is 0.111. The van der Waals surface area contributed by atoms with Gasteiger partial charge in [0.05, 0.1) is 11.4 Å². The van der Waals surface area contributed by atoms with E-state index in [2.05, 4.69) is 52.3 Å². The van der Waals surface area contributed by atoms with Crippen molar-refractivity contribution >= 4 is 47.4 Å². The largest absolute Gasteiger partial charge is 0.381 e. The predicted octanol–water partition coefficient (Wildman–Crippen LogP) is 4.12. The first-order chi connectivity index (χ1) is 11.8. The zero-order chi connectivity index (χ0) is 17.4. The highest BCUT2D eigenvalue weighted by Gasteiger charge is 2.14. The lowest BCUT2D eigenvalue weighted by Crippen LogP contribution is -2.14. The van der Waals surface area contributed by atoms with Crippen LogP contribution >= 0.6 is 36.0 Å². The number of hydrogen-bond acceptors (Lipinski definition) is 6. The van der Waals surface area contributed by atoms with E-state index in [4.69, 9.17) is 0 Å². The standard InChI is InChI=1S/C18H16N2OS.H2S2/c21-18(12-22)14-8-7-13(16-5-1-3-9-19-16)11-15(14)17-6-2-4-10-20-17;1-2/h1-8,10-11,19,22H,9,12H2;1-2H. The molecule has 0 radical (unpaired) electrons. The summed E-state index contributed by atoms with van der Waals surface area (Å²) in [6, 6.07) is 11.5. The molecule has 1 aromatic carbocycles. The number of nitrogens with zero attached hydrogens (tertiary/aromatic N) is 1. The molecule has 2 heterocycles. The Kier molecular flexibility index (Phi) is 7.49. The van der Waals surface area contributed by atoms with Crippen LogP contribution in [0.2, 0.25) is 0 Å². The molecule has 3 rings (SSSR count). The number of dihydropyridines is 1. The van der Waals surface area contributed by atoms with Crippen LogP contribution in [-0.2, 0) is 0 Å². The molecule has 1 aliphatic heterocycles. The summed E-state index contributed by atoms with van der Waals surface area (Å²) in [5, 5.41) is 3.33. The van der Waals surface area contributed by atoms with E-state index in [1.165, 1.54) is 0 Å². The second-order valence-electron chi connectivity index (χ2n) is 4.95. The van der Waals surface area contributed by atoms with Crippen LogP contribution in [0.5, 0.6) is 0 Å². The van der Waals surface area contributed by atoms with Gasteiger partial charge in [-0.2, -0.15) is 12.6 Å². The Labute approximate surface area is 157 Å². The summed E-state index contributed by atoms with van der Waals surface area (Å²) in [4.78, 5) is 16.5. The van der Waals surface area contributed by atoms with Gasteiger partial charge >= 0.3 is 0 Å². The van der Waals surface area contributed by atoms with Gasteiger partial charge in [-0.1, -0.05) is 30.4 Å². The Morgan fingerprint density at radius 2 is 2.04 bits per heavy atom. The third-order valence-corrected chi connectivity index (χ3v) is 3.81. The molecule has 2 aromatic rings. The SMILES string of the molecule is O=C(CS)c1ccc(C2=CC=CCN2)cc1-c1ccccn1.SS. The van der Waals surface area contributed by atoms with Crippen LogP contribution in [0.15, 0.2) is 60.8 Å². The van der Waals surface area contributed by atoms with Gasteiger partial charge < -0.3 is 5.32 Å². The lowest BCUT2D eigenvalue weighted by molar-refractivity contribution is 0.102. The number of ketones is 1. The highest BCUT2D eigenvalue weighted by molar-refractivity contribution is 8.59. The van der Waals surface area contributed by atoms with Crippen LogP contribution < -0.4 is 5.32 Å². The lowest BCUT2D eigenvalue weighted by atomic mass is 9.96. The molecule has 24 heavy (non-hydrogen) atoms. The third kappa shape index (κ3) is 4.47. The first-order valence-corrected chi connectivity index (χ1v) is 9.53. The average Bonchev–Trinajstić information content (AvgIpc) is 2.70. The van der Waals surface area contributed by atoms with Gasteiger partial charge in [0.2, 0.25) is 0 Å². The number of carbonyl (C=O) groups excluding carboxylic acids is 1. The van der Waals surface area contributed by atoms with Gasteiger partial charge in [-0.05, 0) is 29.8 Å². The van der Waals surface area contributed by atoms with Crippen LogP contribution in [0, 0.1) is 0 Å². The van der Waals surface area contributed by atoms with Crippen molar-refractivity contribution < 1.29 is 4.79 Å². The number of rotatable bonds is 4. The summed E-state index contributed by atoms with van der Waals surface area (Å²) in [6.45, 7) is 0.808. The maximum Gasteiger partial charge on any atom is 0.173 e. The highest BCUT2D eigenvalue weighted by Crippen LogP contribution is 2.27. The first kappa shape index (κ1) is 18.7. The van der Waals surface area contributed by atoms with Gasteiger partial charge in [0.15, 0.2) is 5.78 Å². The number of pyridine rings is 1. The first-order valence-electron chi connectivity index (χ1n) is 7.30. The summed E-state index contributed by atoms with van der Waals surface area (Å²) >= 11 is 10.6. The fourth-order valence-corrected chi connectivity index (χ4v) is 2.60. The molecular weight excluding hydrogens is 356 g/mol. The summed E-state index contributed by atoms with van der Waals surface area (Å²) in [7, 11) is 0. The molecule has 0 bridgehead atoms. The van der Waals surface area contributed by atoms with Crippen molar-refractivity contribution in [1.29, 1.82) is 0 Å². The van der Waals surface area contributed by atoms with Crippen molar-refractivity contribution in [3.63, 3.8) is 0 Å². The van der Waals surface area contributed by atoms with E-state index in [0.717, 1.165) is 29.1 Å². The number of thiol groups is 3. The molecule has 1 N–H and O–H groups in total. The third-order valence-electron chi connectivity index (χ3n) is 3.52. The molecule has 0 atom stereocenters. The smallest absolute Gasteiger partial charge is 0.173 e. The van der Waals surface area contributed by atoms with Crippen LogP contribution in [-0.4, -0.2) is 23.1 Å². The van der Waals surface area contributed by atoms with E-state index >= 15 is 0 Å². The molecule has 0 saturated heterocycles. The number of carbonyl (C=O) groups is 1. The second kappa shape index (κ2) is 9.61. The fourth-order valence-electron chi connectivity index (χ4n) is 2.43. The molecule has 1 aliphatic rings. The van der Waals surface area contributed by atoms with Gasteiger partial charge in [0, 0.05) is 29.6 Å². The molecule has 0 fully saturated rings. The van der Waals surface area contributed by atoms with Crippen molar-refractivity contribution in [1.82, 2.24) is 10.3 Å². The molecule has 0 aliphatic carbocycles. The number of benzene rings is 1. The van der Waals surface area contributed by atoms with E-state index in [9.17, 15) is 4.79 Å². The summed E-state index contributed by atoms with van der Waals surface area (Å²) in [5.74, 6) is 0.184. The minimum atomic E-state index is 0.000940. The van der Waals surface area contributed by atoms with Gasteiger partial charge in [0.25, 0.3) is 0 Å². The molecule has 0 spiro atoms. The highest BCUT2D eigenvalue weighted by atomic mass is 33.1. The van der Waals surface area contributed by atoms with Crippen LogP contribution in [0.4, 0.5) is 0 Å². The predicted molar refractivity (Wildman–Crippen MR) is 111 cm³/mol. The van der Waals surface area contributed by atoms with E-state index in [1.807, 2.05) is 48.6 Å². The van der Waals surface area contributed by atoms with Gasteiger partial charge in [-0.15, -0.1) is 23.3 Å². The quantitative estimate of drug-likeness (QED) is 0.370. The van der Waals surface area contributed by atoms with Crippen LogP contribution in [0.3, 0.4) is 0 Å². The van der Waals surface area contributed by atoms with E-state index in [0.29, 0.717) is 5.56 Å². The Hall–Kier alpha value is -1.63. The van der Waals surface area contributed by atoms with Crippen molar-refractivity contribution in [3.05, 3.63) is 72.0 Å². The number of allylic oxidation sites excluding steroid dienone is 2. The Bertz CT molecular complexity index is 758. The number of Topliss-reactive ketones (excluding diaryl/α,β-unsaturated/α-hetero) is 1. The minimum Gasteiger partial charge on any atom is -0.381 e. The number of hydrogen-bond donors (Lipinski definition) is 4. The van der Waals surface area contributed by atoms with Crippen molar-refractivity contribution in [2.75, 3.05) is 12.3 Å². The Morgan fingerprint density at radius 3 is 2.67 bits per heavy atom. The average molecular weight is 375 g/mol. The zero-order valence-corrected chi connectivity index (χ0v) is 15.6. The number of nitrogens with one attached hydrogen (secondary N) is 1. The molecule has 6 heteroatoms. The van der Waals surface area contributed by atoms with Crippen LogP contribution in [0.25, 0.3) is 17.0 Å². The molecule has 3 nitrogen and oxygen atoms in total. The Morgan fingerprint density at radius 1 is 1.21 bits per heavy atom. The topological polar surface area (TPSA) is 42.0 Å². The molecule has 0 amide bonds. The van der Waals surface area contributed by atoms with E-state index < -0.39 is 0 Å². The molecule has 0 unspecified atom stereocenters. The molecule has 1 aromatic heterocycles. The number of aromatic nitrogens is 1. The summed E-state index contributed by atoms with van der Waals surface area (Å²) < 4.78 is 0. The Balaban J connectivity index is 0.00000100. The summed E-state index contributed by atoms with van der Waals surface area (Å²) in [6.07, 6.45) is 7.85. The van der Waals surface area contributed by atoms with Gasteiger partial charge in [0.1, 0.15) is 0 Å². The van der Waals surface area contributed by atoms with Crippen molar-refractivity contribution in [2.24, 2.45) is 0 Å². The minimum absolute atomic E-state index is 0.000940. The molecule has 124 valence electrons. The van der Waals surface area contributed by atoms with Crippen molar-refractivity contribution in [2.45, 2.75) is 0 Å². The lowest BCUT2D eigenvalue weighted by Gasteiger charge is -2.15. The van der Waals surface area contributed by atoms with Gasteiger partial charge in [-0.25, -0.2) is 0 Å².